The zero-order valence-electron chi connectivity index (χ0n) is 88.2. The second kappa shape index (κ2) is 31.1. The first-order valence-corrected chi connectivity index (χ1v) is 54.2. The molecule has 0 saturated heterocycles. The van der Waals surface area contributed by atoms with Gasteiger partial charge in [-0.25, -0.2) is 0 Å². The molecule has 0 spiro atoms. The Bertz CT molecular complexity index is 10500. The number of furan rings is 1. The first kappa shape index (κ1) is 88.8. The van der Waals surface area contributed by atoms with Gasteiger partial charge < -0.3 is 18.5 Å². The second-order valence-corrected chi connectivity index (χ2v) is 48.9. The van der Waals surface area contributed by atoms with Gasteiger partial charge in [-0.15, -0.1) is 0 Å². The van der Waals surface area contributed by atoms with Gasteiger partial charge in [0, 0.05) is 98.5 Å². The molecule has 0 N–H and O–H groups in total. The summed E-state index contributed by atoms with van der Waals surface area (Å²) >= 11 is 0. The maximum atomic E-state index is 7.21. The van der Waals surface area contributed by atoms with E-state index in [-0.39, 0.29) is 32.5 Å². The predicted octanol–water partition coefficient (Wildman–Crippen LogP) is 40.4. The molecule has 722 valence electrons. The smallest absolute Gasteiger partial charge is 0.143 e. The topological polar surface area (TPSA) is 26.2 Å². The Labute approximate surface area is 875 Å². The summed E-state index contributed by atoms with van der Waals surface area (Å²) in [6, 6.07) is 146. The van der Waals surface area contributed by atoms with Gasteiger partial charge in [-0.1, -0.05) is 346 Å². The normalized spacial score (nSPS) is 14.5. The number of rotatable bonds is 14. The minimum atomic E-state index is -0.324. The van der Waals surface area contributed by atoms with Crippen molar-refractivity contribution in [2.24, 2.45) is 0 Å². The minimum Gasteiger partial charge on any atom is -0.455 e. The molecule has 3 heterocycles. The highest BCUT2D eigenvalue weighted by Gasteiger charge is 2.44. The average molecular weight is 1930 g/mol. The number of para-hydroxylation sites is 3. The molecule has 0 saturated carbocycles. The molecular formula is C146H117N3O. The molecule has 3 aliphatic rings. The quantitative estimate of drug-likeness (QED) is 0.101. The Morgan fingerprint density at radius 1 is 0.293 bits per heavy atom. The van der Waals surface area contributed by atoms with E-state index in [1.165, 1.54) is 285 Å². The van der Waals surface area contributed by atoms with Crippen LogP contribution in [0.25, 0.3) is 230 Å². The van der Waals surface area contributed by atoms with Gasteiger partial charge in [-0.05, 0) is 386 Å². The highest BCUT2D eigenvalue weighted by atomic mass is 16.3. The summed E-state index contributed by atoms with van der Waals surface area (Å²) in [7, 11) is 0. The van der Waals surface area contributed by atoms with Crippen LogP contribution in [-0.4, -0.2) is 9.13 Å². The summed E-state index contributed by atoms with van der Waals surface area (Å²) in [4.78, 5) is 2.49. The number of benzene rings is 24. The molecule has 150 heavy (non-hydrogen) atoms. The Hall–Kier alpha value is -16.4. The molecule has 0 bridgehead atoms. The highest BCUT2D eigenvalue weighted by Crippen LogP contribution is 2.62. The van der Waals surface area contributed by atoms with Crippen LogP contribution in [0, 0.1) is 6.92 Å². The lowest BCUT2D eigenvalue weighted by atomic mass is 9.77. The fourth-order valence-corrected chi connectivity index (χ4v) is 28.8. The van der Waals surface area contributed by atoms with Crippen LogP contribution < -0.4 is 4.90 Å². The molecule has 3 aliphatic carbocycles. The van der Waals surface area contributed by atoms with Crippen molar-refractivity contribution in [1.29, 1.82) is 0 Å². The fraction of sp³-hybridized carbons (Fsp3) is 0.178. The third-order valence-corrected chi connectivity index (χ3v) is 36.2. The molecule has 3 aromatic heterocycles. The van der Waals surface area contributed by atoms with E-state index in [1.54, 1.807) is 0 Å². The van der Waals surface area contributed by atoms with Crippen molar-refractivity contribution in [3.05, 3.63) is 448 Å². The summed E-state index contributed by atoms with van der Waals surface area (Å²) in [5.41, 5.74) is 42.2. The lowest BCUT2D eigenvalue weighted by Gasteiger charge is -2.30. The molecule has 0 radical (unpaired) electrons. The zero-order chi connectivity index (χ0) is 101. The van der Waals surface area contributed by atoms with Crippen LogP contribution in [0.2, 0.25) is 0 Å². The van der Waals surface area contributed by atoms with Gasteiger partial charge in [0.2, 0.25) is 0 Å². The SMILES string of the molecule is Cc1cc(CCC(C)c2ccc3oc4c(cc5ccc6c7c(cc8c(-c9cccc(C(C)(C)C)c9)cc4c5c86)-c4ccccc4C7(C)C)c3c2)cc(-c2ccc3c(c2)C(C)(C)c2c-3cc3ccc4c5c(ccc2c35)cc2c3ccc(C(C)(C)Cc5cccc(N(c6ccccc6)c6ccc7c(c6)C(C)(C)c6c-7cc7ccc8c9c(ccc6c79)cc6c7cc(C(C)(C)C)ccc7n(-c7ccccc7)c68)c5)cc3n(-c3ccccc3)c24)c1. The molecule has 0 aliphatic heterocycles. The monoisotopic (exact) mass is 1930 g/mol. The van der Waals surface area contributed by atoms with E-state index in [2.05, 4.69) is 501 Å². The Balaban J connectivity index is 0.454. The van der Waals surface area contributed by atoms with E-state index >= 15 is 0 Å². The fourth-order valence-electron chi connectivity index (χ4n) is 28.8. The molecule has 1 unspecified atom stereocenters. The molecular weight excluding hydrogens is 1810 g/mol. The summed E-state index contributed by atoms with van der Waals surface area (Å²) in [6.45, 7) is 38.2. The van der Waals surface area contributed by atoms with Crippen molar-refractivity contribution in [2.45, 2.75) is 168 Å². The molecule has 0 amide bonds. The maximum Gasteiger partial charge on any atom is 0.143 e. The molecule has 0 fully saturated rings. The number of aryl methyl sites for hydroxylation is 2. The summed E-state index contributed by atoms with van der Waals surface area (Å²) in [5.74, 6) is 0.301. The van der Waals surface area contributed by atoms with Gasteiger partial charge in [0.05, 0.1) is 22.1 Å². The minimum absolute atomic E-state index is 0.00862. The number of hydrogen-bond acceptors (Lipinski definition) is 2. The average Bonchev–Trinajstić information content (AvgIpc) is 1.50. The summed E-state index contributed by atoms with van der Waals surface area (Å²) < 4.78 is 12.3. The van der Waals surface area contributed by atoms with Gasteiger partial charge in [0.1, 0.15) is 11.2 Å². The number of fused-ring (bicyclic) bond motifs is 24. The van der Waals surface area contributed by atoms with Crippen LogP contribution in [0.15, 0.2) is 381 Å². The van der Waals surface area contributed by atoms with Gasteiger partial charge in [-0.3, -0.25) is 0 Å². The van der Waals surface area contributed by atoms with E-state index in [1.807, 2.05) is 0 Å². The van der Waals surface area contributed by atoms with E-state index < -0.39 is 0 Å². The standard InChI is InChI=1S/C146H117N3O/c1-82-64-84(43-42-83(2)86-50-63-128-114(69-86)121-74-93-47-57-109-134-115(80-118-103-40-26-27-41-123(103)144(11,12)137(109)118)112(79-122(133(93)134)140(121)150-128)88-31-29-32-95(68-88)141(3,4)5)66-94(65-82)87-44-54-104-116-70-89-48-58-110-131-91(45-55-107(129(89)131)135(116)145(13,14)124(104)75-87)72-119-106-60-51-97(77-127(106)149(138(110)119)100-37-24-19-25-38-100)143(9,10)81-85-30-28-39-101(67-85)147(98-33-20-17-21-34-98)102-53-61-105-117-71-90-49-59-111-132-92(46-56-108(130(90)132)136(117)146(15,16)125(105)78-102)73-120-113-76-96(142(6,7)8)52-62-126(113)148(139(111)120)99-35-22-18-23-36-99/h17-41,44-80,83H,42-43,81H2,1-16H3. The highest BCUT2D eigenvalue weighted by molar-refractivity contribution is 6.37. The number of anilines is 3. The van der Waals surface area contributed by atoms with E-state index in [0.717, 1.165) is 53.2 Å². The van der Waals surface area contributed by atoms with Gasteiger partial charge in [0.25, 0.3) is 0 Å². The van der Waals surface area contributed by atoms with E-state index in [4.69, 9.17) is 4.42 Å². The van der Waals surface area contributed by atoms with Crippen molar-refractivity contribution in [2.75, 3.05) is 4.90 Å². The molecule has 4 heteroatoms. The number of nitrogens with zero attached hydrogens (tertiary/aromatic N) is 3. The van der Waals surface area contributed by atoms with E-state index in [0.29, 0.717) is 5.92 Å². The lowest BCUT2D eigenvalue weighted by molar-refractivity contribution is 0.523. The summed E-state index contributed by atoms with van der Waals surface area (Å²) in [5, 5.41) is 30.9. The van der Waals surface area contributed by atoms with Crippen LogP contribution in [0.4, 0.5) is 17.1 Å². The second-order valence-electron chi connectivity index (χ2n) is 48.9. The van der Waals surface area contributed by atoms with Crippen molar-refractivity contribution < 1.29 is 4.42 Å². The van der Waals surface area contributed by atoms with Crippen molar-refractivity contribution in [1.82, 2.24) is 9.13 Å². The molecule has 30 rings (SSSR count). The Morgan fingerprint density at radius 3 is 1.47 bits per heavy atom. The molecule has 24 aromatic carbocycles. The first-order valence-electron chi connectivity index (χ1n) is 54.2. The van der Waals surface area contributed by atoms with Gasteiger partial charge in [-0.2, -0.15) is 0 Å². The summed E-state index contributed by atoms with van der Waals surface area (Å²) in [6.07, 6.45) is 2.80. The zero-order valence-corrected chi connectivity index (χ0v) is 88.2. The molecule has 27 aromatic rings. The van der Waals surface area contributed by atoms with Gasteiger partial charge >= 0.3 is 0 Å². The van der Waals surface area contributed by atoms with Crippen LogP contribution in [0.3, 0.4) is 0 Å². The molecule has 1 atom stereocenters. The van der Waals surface area contributed by atoms with Crippen LogP contribution in [-0.2, 0) is 45.3 Å². The Morgan fingerprint density at radius 2 is 0.807 bits per heavy atom. The molecule has 4 nitrogen and oxygen atoms in total. The maximum absolute atomic E-state index is 7.21. The largest absolute Gasteiger partial charge is 0.455 e. The third kappa shape index (κ3) is 12.7. The number of hydrogen-bond donors (Lipinski definition) is 0. The van der Waals surface area contributed by atoms with Crippen molar-refractivity contribution in [3.63, 3.8) is 0 Å². The number of aromatic nitrogens is 2. The van der Waals surface area contributed by atoms with Crippen molar-refractivity contribution in [3.8, 4) is 67.0 Å². The lowest BCUT2D eigenvalue weighted by Crippen LogP contribution is -2.21. The Kier molecular flexibility index (Phi) is 18.4. The van der Waals surface area contributed by atoms with Crippen LogP contribution >= 0.6 is 0 Å². The van der Waals surface area contributed by atoms with Gasteiger partial charge in [0.15, 0.2) is 0 Å². The van der Waals surface area contributed by atoms with Crippen molar-refractivity contribution >= 4 is 180 Å². The predicted molar refractivity (Wildman–Crippen MR) is 640 cm³/mol. The third-order valence-electron chi connectivity index (χ3n) is 36.2. The first-order chi connectivity index (χ1) is 72.4. The van der Waals surface area contributed by atoms with Crippen LogP contribution in [0.1, 0.15) is 189 Å². The van der Waals surface area contributed by atoms with E-state index in [9.17, 15) is 0 Å². The van der Waals surface area contributed by atoms with Crippen LogP contribution in [0.5, 0.6) is 0 Å².